The normalized spacial score (nSPS) is 18.3. The zero-order valence-electron chi connectivity index (χ0n) is 13.4. The van der Waals surface area contributed by atoms with E-state index < -0.39 is 10.1 Å². The standard InChI is InChI=1S/C19H19NO3S/c1-2-20-11-17-15-9-4-3-7-13(15)14-8-5-6-10-16(14)19(17)18(20)12-24(21,22)23/h3-10,18H,2,11-12H2,1H3,(H,21,22,23). The summed E-state index contributed by atoms with van der Waals surface area (Å²) in [6.45, 7) is 3.46. The van der Waals surface area contributed by atoms with E-state index >= 15 is 0 Å². The number of benzene rings is 3. The Morgan fingerprint density at radius 1 is 1.00 bits per heavy atom. The van der Waals surface area contributed by atoms with Gasteiger partial charge in [0.1, 0.15) is 0 Å². The van der Waals surface area contributed by atoms with Crippen molar-refractivity contribution in [2.45, 2.75) is 19.5 Å². The molecule has 0 fully saturated rings. The highest BCUT2D eigenvalue weighted by Crippen LogP contribution is 2.43. The van der Waals surface area contributed by atoms with Crippen LogP contribution in [0, 0.1) is 0 Å². The molecule has 1 unspecified atom stereocenters. The lowest BCUT2D eigenvalue weighted by Crippen LogP contribution is -2.27. The second-order valence-corrected chi connectivity index (χ2v) is 7.81. The van der Waals surface area contributed by atoms with Crippen LogP contribution in [0.1, 0.15) is 24.1 Å². The maximum Gasteiger partial charge on any atom is 0.266 e. The Hall–Kier alpha value is -1.95. The smallest absolute Gasteiger partial charge is 0.266 e. The summed E-state index contributed by atoms with van der Waals surface area (Å²) in [7, 11) is -4.06. The molecule has 3 aromatic rings. The average molecular weight is 341 g/mol. The van der Waals surface area contributed by atoms with Crippen LogP contribution in [-0.2, 0) is 16.7 Å². The molecule has 3 aromatic carbocycles. The molecule has 1 atom stereocenters. The molecule has 0 amide bonds. The zero-order chi connectivity index (χ0) is 16.9. The van der Waals surface area contributed by atoms with Gasteiger partial charge in [0.05, 0.1) is 11.8 Å². The van der Waals surface area contributed by atoms with E-state index in [1.54, 1.807) is 0 Å². The number of nitrogens with zero attached hydrogens (tertiary/aromatic N) is 1. The molecule has 0 radical (unpaired) electrons. The van der Waals surface area contributed by atoms with Crippen LogP contribution in [0.4, 0.5) is 0 Å². The summed E-state index contributed by atoms with van der Waals surface area (Å²) in [5.74, 6) is -0.268. The Labute approximate surface area is 141 Å². The average Bonchev–Trinajstić information content (AvgIpc) is 2.92. The van der Waals surface area contributed by atoms with Crippen LogP contribution >= 0.6 is 0 Å². The van der Waals surface area contributed by atoms with Crippen LogP contribution in [0.25, 0.3) is 21.5 Å². The predicted octanol–water partition coefficient (Wildman–Crippen LogP) is 3.76. The molecule has 1 aliphatic rings. The maximum atomic E-state index is 11.6. The van der Waals surface area contributed by atoms with Crippen LogP contribution in [0.5, 0.6) is 0 Å². The van der Waals surface area contributed by atoms with Crippen molar-refractivity contribution in [1.29, 1.82) is 0 Å². The van der Waals surface area contributed by atoms with Crippen LogP contribution in [-0.4, -0.2) is 30.2 Å². The molecule has 0 spiro atoms. The Bertz CT molecular complexity index is 1040. The van der Waals surface area contributed by atoms with Gasteiger partial charge in [-0.3, -0.25) is 9.45 Å². The van der Waals surface area contributed by atoms with Gasteiger partial charge in [0, 0.05) is 6.54 Å². The molecule has 0 aromatic heterocycles. The molecule has 0 saturated carbocycles. The highest BCUT2D eigenvalue weighted by Gasteiger charge is 2.35. The molecule has 4 rings (SSSR count). The van der Waals surface area contributed by atoms with Gasteiger partial charge < -0.3 is 0 Å². The van der Waals surface area contributed by atoms with E-state index in [1.165, 1.54) is 16.3 Å². The van der Waals surface area contributed by atoms with E-state index in [1.807, 2.05) is 31.2 Å². The first-order valence-electron chi connectivity index (χ1n) is 8.11. The van der Waals surface area contributed by atoms with E-state index in [9.17, 15) is 13.0 Å². The fourth-order valence-corrected chi connectivity index (χ4v) is 4.79. The Morgan fingerprint density at radius 2 is 1.54 bits per heavy atom. The van der Waals surface area contributed by atoms with Crippen molar-refractivity contribution >= 4 is 31.7 Å². The molecular formula is C19H19NO3S. The Kier molecular flexibility index (Phi) is 3.60. The van der Waals surface area contributed by atoms with Crippen LogP contribution < -0.4 is 0 Å². The van der Waals surface area contributed by atoms with E-state index in [0.717, 1.165) is 22.9 Å². The van der Waals surface area contributed by atoms with E-state index in [0.29, 0.717) is 6.54 Å². The molecule has 0 bridgehead atoms. The summed E-state index contributed by atoms with van der Waals surface area (Å²) in [4.78, 5) is 2.12. The van der Waals surface area contributed by atoms with Gasteiger partial charge in [0.25, 0.3) is 10.1 Å². The quantitative estimate of drug-likeness (QED) is 0.582. The topological polar surface area (TPSA) is 57.6 Å². The first kappa shape index (κ1) is 15.6. The SMILES string of the molecule is CCN1Cc2c(c3ccccc3c3ccccc23)C1CS(=O)(=O)O. The van der Waals surface area contributed by atoms with Crippen molar-refractivity contribution in [3.63, 3.8) is 0 Å². The van der Waals surface area contributed by atoms with Crippen molar-refractivity contribution in [2.75, 3.05) is 12.3 Å². The van der Waals surface area contributed by atoms with Crippen molar-refractivity contribution in [3.8, 4) is 0 Å². The zero-order valence-corrected chi connectivity index (χ0v) is 14.3. The molecule has 124 valence electrons. The van der Waals surface area contributed by atoms with Gasteiger partial charge in [-0.25, -0.2) is 0 Å². The lowest BCUT2D eigenvalue weighted by atomic mass is 9.91. The lowest BCUT2D eigenvalue weighted by molar-refractivity contribution is 0.242. The first-order chi connectivity index (χ1) is 11.5. The number of hydrogen-bond acceptors (Lipinski definition) is 3. The molecule has 0 saturated heterocycles. The monoisotopic (exact) mass is 341 g/mol. The Balaban J connectivity index is 2.09. The molecule has 1 heterocycles. The molecule has 1 N–H and O–H groups in total. The summed E-state index contributed by atoms with van der Waals surface area (Å²) in [5.41, 5.74) is 2.23. The van der Waals surface area contributed by atoms with E-state index in [-0.39, 0.29) is 11.8 Å². The number of hydrogen-bond donors (Lipinski definition) is 1. The highest BCUT2D eigenvalue weighted by atomic mass is 32.2. The van der Waals surface area contributed by atoms with Gasteiger partial charge in [-0.15, -0.1) is 0 Å². The first-order valence-corrected chi connectivity index (χ1v) is 9.72. The van der Waals surface area contributed by atoms with Crippen LogP contribution in [0.3, 0.4) is 0 Å². The summed E-state index contributed by atoms with van der Waals surface area (Å²) >= 11 is 0. The summed E-state index contributed by atoms with van der Waals surface area (Å²) in [5, 5.41) is 4.57. The van der Waals surface area contributed by atoms with Crippen molar-refractivity contribution in [2.24, 2.45) is 0 Å². The molecule has 0 aliphatic carbocycles. The number of rotatable bonds is 3. The Morgan fingerprint density at radius 3 is 2.12 bits per heavy atom. The van der Waals surface area contributed by atoms with Gasteiger partial charge in [0.2, 0.25) is 0 Å². The van der Waals surface area contributed by atoms with E-state index in [2.05, 4.69) is 29.2 Å². The lowest BCUT2D eigenvalue weighted by Gasteiger charge is -2.22. The van der Waals surface area contributed by atoms with Crippen molar-refractivity contribution in [3.05, 3.63) is 59.7 Å². The number of fused-ring (bicyclic) bond motifs is 6. The van der Waals surface area contributed by atoms with Crippen molar-refractivity contribution < 1.29 is 13.0 Å². The van der Waals surface area contributed by atoms with E-state index in [4.69, 9.17) is 0 Å². The molecule has 24 heavy (non-hydrogen) atoms. The third-order valence-electron chi connectivity index (χ3n) is 4.99. The molecular weight excluding hydrogens is 322 g/mol. The van der Waals surface area contributed by atoms with Gasteiger partial charge in [-0.05, 0) is 39.2 Å². The fraction of sp³-hybridized carbons (Fsp3) is 0.263. The summed E-state index contributed by atoms with van der Waals surface area (Å²) in [6, 6.07) is 16.1. The van der Waals surface area contributed by atoms with Crippen LogP contribution in [0.2, 0.25) is 0 Å². The highest BCUT2D eigenvalue weighted by molar-refractivity contribution is 7.85. The summed E-state index contributed by atoms with van der Waals surface area (Å²) < 4.78 is 32.6. The van der Waals surface area contributed by atoms with Crippen LogP contribution in [0.15, 0.2) is 48.5 Å². The fourth-order valence-electron chi connectivity index (χ4n) is 4.01. The largest absolute Gasteiger partial charge is 0.291 e. The van der Waals surface area contributed by atoms with Gasteiger partial charge in [0.15, 0.2) is 0 Å². The second-order valence-electron chi connectivity index (χ2n) is 6.31. The third-order valence-corrected chi connectivity index (χ3v) is 5.73. The van der Waals surface area contributed by atoms with Gasteiger partial charge in [-0.1, -0.05) is 55.5 Å². The summed E-state index contributed by atoms with van der Waals surface area (Å²) in [6.07, 6.45) is 0. The maximum absolute atomic E-state index is 11.6. The minimum Gasteiger partial charge on any atom is -0.291 e. The minimum absolute atomic E-state index is 0.268. The van der Waals surface area contributed by atoms with Gasteiger partial charge >= 0.3 is 0 Å². The predicted molar refractivity (Wildman–Crippen MR) is 96.7 cm³/mol. The van der Waals surface area contributed by atoms with Gasteiger partial charge in [-0.2, -0.15) is 8.42 Å². The molecule has 1 aliphatic heterocycles. The molecule has 4 nitrogen and oxygen atoms in total. The van der Waals surface area contributed by atoms with Crippen molar-refractivity contribution in [1.82, 2.24) is 4.90 Å². The minimum atomic E-state index is -4.06. The third kappa shape index (κ3) is 2.40. The second kappa shape index (κ2) is 5.55. The molecule has 5 heteroatoms.